The predicted octanol–water partition coefficient (Wildman–Crippen LogP) is 7.09. The molecule has 39 heavy (non-hydrogen) atoms. The van der Waals surface area contributed by atoms with Gasteiger partial charge >= 0.3 is 5.97 Å². The van der Waals surface area contributed by atoms with Gasteiger partial charge in [-0.25, -0.2) is 0 Å². The van der Waals surface area contributed by atoms with Crippen molar-refractivity contribution in [1.82, 2.24) is 4.98 Å². The van der Waals surface area contributed by atoms with Gasteiger partial charge in [-0.3, -0.25) is 9.78 Å². The van der Waals surface area contributed by atoms with Gasteiger partial charge in [0.15, 0.2) is 0 Å². The molecule has 1 aliphatic heterocycles. The summed E-state index contributed by atoms with van der Waals surface area (Å²) in [5, 5.41) is 10.1. The molecule has 2 aliphatic rings. The van der Waals surface area contributed by atoms with Gasteiger partial charge in [0.2, 0.25) is 0 Å². The van der Waals surface area contributed by atoms with Crippen LogP contribution in [0.5, 0.6) is 0 Å². The molecule has 3 heterocycles. The molecule has 0 saturated heterocycles. The first-order chi connectivity index (χ1) is 18.9. The van der Waals surface area contributed by atoms with E-state index in [1.807, 2.05) is 24.3 Å². The molecule has 0 fully saturated rings. The molecule has 1 aliphatic carbocycles. The highest BCUT2D eigenvalue weighted by atomic mass is 32.1. The van der Waals surface area contributed by atoms with E-state index in [4.69, 9.17) is 9.47 Å². The summed E-state index contributed by atoms with van der Waals surface area (Å²) in [5.41, 5.74) is 6.58. The monoisotopic (exact) mass is 542 g/mol. The smallest absolute Gasteiger partial charge is 0.314 e. The second-order valence-corrected chi connectivity index (χ2v) is 11.2. The number of hydrogen-bond donors (Lipinski definition) is 1. The molecule has 0 amide bonds. The molecule has 5 rings (SSSR count). The number of benzene rings is 1. The maximum atomic E-state index is 12.4. The van der Waals surface area contributed by atoms with Gasteiger partial charge in [-0.2, -0.15) is 0 Å². The van der Waals surface area contributed by atoms with E-state index in [-0.39, 0.29) is 5.92 Å². The minimum absolute atomic E-state index is 0.218. The summed E-state index contributed by atoms with van der Waals surface area (Å²) in [4.78, 5) is 20.9. The number of aromatic nitrogens is 1. The quantitative estimate of drug-likeness (QED) is 0.311. The van der Waals surface area contributed by atoms with Crippen molar-refractivity contribution in [3.8, 4) is 0 Å². The number of methoxy groups -OCH3 is 2. The van der Waals surface area contributed by atoms with Crippen LogP contribution in [0, 0.1) is 0 Å². The first kappa shape index (κ1) is 26.9. The van der Waals surface area contributed by atoms with Crippen molar-refractivity contribution in [2.24, 2.45) is 0 Å². The van der Waals surface area contributed by atoms with E-state index in [1.54, 1.807) is 24.6 Å². The van der Waals surface area contributed by atoms with E-state index in [0.717, 1.165) is 45.9 Å². The predicted molar refractivity (Wildman–Crippen MR) is 156 cm³/mol. The van der Waals surface area contributed by atoms with Crippen LogP contribution in [0.3, 0.4) is 0 Å². The van der Waals surface area contributed by atoms with E-state index in [9.17, 15) is 9.90 Å². The van der Waals surface area contributed by atoms with Crippen LogP contribution in [0.25, 0.3) is 6.08 Å². The number of thiophene rings is 1. The number of carboxylic acids is 1. The second-order valence-electron chi connectivity index (χ2n) is 10.0. The molecule has 0 spiro atoms. The lowest BCUT2D eigenvalue weighted by molar-refractivity contribution is -0.142. The molecular formula is C32H34N2O4S. The Morgan fingerprint density at radius 3 is 2.69 bits per heavy atom. The maximum Gasteiger partial charge on any atom is 0.314 e. The normalized spacial score (nSPS) is 17.0. The van der Waals surface area contributed by atoms with Gasteiger partial charge in [0.25, 0.3) is 0 Å². The molecule has 3 atom stereocenters. The fourth-order valence-corrected chi connectivity index (χ4v) is 6.72. The van der Waals surface area contributed by atoms with E-state index in [2.05, 4.69) is 66.3 Å². The molecule has 202 valence electrons. The van der Waals surface area contributed by atoms with Crippen molar-refractivity contribution in [2.75, 3.05) is 26.2 Å². The Morgan fingerprint density at radius 1 is 1.15 bits per heavy atom. The molecule has 6 nitrogen and oxygen atoms in total. The van der Waals surface area contributed by atoms with Crippen molar-refractivity contribution >= 4 is 29.1 Å². The summed E-state index contributed by atoms with van der Waals surface area (Å²) >= 11 is 1.54. The van der Waals surface area contributed by atoms with Crippen molar-refractivity contribution in [1.29, 1.82) is 0 Å². The zero-order chi connectivity index (χ0) is 27.5. The highest BCUT2D eigenvalue weighted by Crippen LogP contribution is 2.40. The average molecular weight is 543 g/mol. The second kappa shape index (κ2) is 11.6. The topological polar surface area (TPSA) is 71.9 Å². The van der Waals surface area contributed by atoms with Crippen LogP contribution in [0.2, 0.25) is 0 Å². The van der Waals surface area contributed by atoms with Crippen molar-refractivity contribution in [2.45, 2.75) is 44.1 Å². The number of rotatable bonds is 9. The third-order valence-corrected chi connectivity index (χ3v) is 8.96. The van der Waals surface area contributed by atoms with Gasteiger partial charge in [-0.05, 0) is 73.2 Å². The van der Waals surface area contributed by atoms with E-state index in [1.165, 1.54) is 24.1 Å². The molecule has 1 aromatic carbocycles. The standard InChI is InChI=1S/C32H34N2O4S/c1-20(28-14-15-29(39-28)30(32(35)36)31(38-4)24-10-7-8-16-33-24)17-21-12-13-25-22(18-21)19-27(37-3)23-9-5-6-11-26(23)34(25)2/h5,7-10,12-16,18-20,30-31H,6,11,17H2,1-4H3,(H,35,36). The number of carbonyl (C=O) groups is 1. The zero-order valence-corrected chi connectivity index (χ0v) is 23.6. The first-order valence-electron chi connectivity index (χ1n) is 13.2. The number of carboxylic acid groups (broad SMARTS) is 1. The fraction of sp³-hybridized carbons (Fsp3) is 0.312. The molecule has 0 saturated carbocycles. The lowest BCUT2D eigenvalue weighted by atomic mass is 9.96. The molecule has 3 aromatic rings. The van der Waals surface area contributed by atoms with Crippen LogP contribution in [0.15, 0.2) is 83.9 Å². The third-order valence-electron chi connectivity index (χ3n) is 7.56. The zero-order valence-electron chi connectivity index (χ0n) is 22.8. The van der Waals surface area contributed by atoms with Crippen LogP contribution < -0.4 is 4.90 Å². The number of aliphatic carboxylic acids is 1. The molecule has 0 bridgehead atoms. The minimum Gasteiger partial charge on any atom is -0.496 e. The van der Waals surface area contributed by atoms with E-state index >= 15 is 0 Å². The Bertz CT molecular complexity index is 1440. The number of hydrogen-bond acceptors (Lipinski definition) is 6. The summed E-state index contributed by atoms with van der Waals surface area (Å²) in [5.74, 6) is -0.643. The number of pyridine rings is 1. The summed E-state index contributed by atoms with van der Waals surface area (Å²) in [6.07, 6.45) is 10.4. The van der Waals surface area contributed by atoms with Crippen molar-refractivity contribution < 1.29 is 19.4 Å². The Balaban J connectivity index is 1.39. The number of nitrogens with zero attached hydrogens (tertiary/aromatic N) is 2. The number of allylic oxidation sites excluding steroid dienone is 3. The number of fused-ring (bicyclic) bond motifs is 1. The number of ether oxygens (including phenoxy) is 2. The molecule has 1 N–H and O–H groups in total. The van der Waals surface area contributed by atoms with Crippen LogP contribution in [0.1, 0.15) is 64.3 Å². The van der Waals surface area contributed by atoms with E-state index < -0.39 is 18.0 Å². The summed E-state index contributed by atoms with van der Waals surface area (Å²) in [6, 6.07) is 16.1. The highest BCUT2D eigenvalue weighted by Gasteiger charge is 2.34. The maximum absolute atomic E-state index is 12.4. The van der Waals surface area contributed by atoms with Gasteiger partial charge in [0, 0.05) is 52.6 Å². The van der Waals surface area contributed by atoms with Crippen LogP contribution >= 0.6 is 11.3 Å². The van der Waals surface area contributed by atoms with Crippen LogP contribution in [-0.4, -0.2) is 37.3 Å². The Labute approximate surface area is 233 Å². The molecule has 2 aromatic heterocycles. The van der Waals surface area contributed by atoms with Crippen molar-refractivity contribution in [3.63, 3.8) is 0 Å². The molecule has 7 heteroatoms. The molecule has 3 unspecified atom stereocenters. The van der Waals surface area contributed by atoms with E-state index in [0.29, 0.717) is 5.69 Å². The summed E-state index contributed by atoms with van der Waals surface area (Å²) in [7, 11) is 5.40. The highest BCUT2D eigenvalue weighted by molar-refractivity contribution is 7.12. The largest absolute Gasteiger partial charge is 0.496 e. The average Bonchev–Trinajstić information content (AvgIpc) is 3.40. The fourth-order valence-electron chi connectivity index (χ4n) is 5.54. The van der Waals surface area contributed by atoms with Crippen LogP contribution in [0.4, 0.5) is 5.69 Å². The van der Waals surface area contributed by atoms with Gasteiger partial charge in [-0.15, -0.1) is 11.3 Å². The Hall–Kier alpha value is -3.68. The lowest BCUT2D eigenvalue weighted by Crippen LogP contribution is -2.21. The molecular weight excluding hydrogens is 508 g/mol. The molecule has 0 radical (unpaired) electrons. The van der Waals surface area contributed by atoms with Gasteiger partial charge < -0.3 is 19.5 Å². The Kier molecular flexibility index (Phi) is 8.00. The third kappa shape index (κ3) is 5.42. The van der Waals surface area contributed by atoms with Crippen molar-refractivity contribution in [3.05, 3.63) is 110 Å². The SMILES string of the molecule is COC1=Cc2cc(CC(C)c3ccc(C(C(=O)O)C(OC)c4ccccn4)s3)ccc2N(C)C2=C1C=CCC2. The summed E-state index contributed by atoms with van der Waals surface area (Å²) < 4.78 is 11.4. The van der Waals surface area contributed by atoms with Gasteiger partial charge in [-0.1, -0.05) is 31.2 Å². The number of anilines is 1. The minimum atomic E-state index is -0.921. The van der Waals surface area contributed by atoms with Crippen LogP contribution in [-0.2, 0) is 20.7 Å². The first-order valence-corrected chi connectivity index (χ1v) is 14.0. The lowest BCUT2D eigenvalue weighted by Gasteiger charge is -2.27. The van der Waals surface area contributed by atoms with Gasteiger partial charge in [0.05, 0.1) is 12.8 Å². The van der Waals surface area contributed by atoms with Gasteiger partial charge in [0.1, 0.15) is 17.8 Å². The summed E-state index contributed by atoms with van der Waals surface area (Å²) in [6.45, 7) is 2.19. The Morgan fingerprint density at radius 2 is 1.97 bits per heavy atom.